The Bertz CT molecular complexity index is 1310. The van der Waals surface area contributed by atoms with Gasteiger partial charge in [0.15, 0.2) is 0 Å². The van der Waals surface area contributed by atoms with Gasteiger partial charge in [0.1, 0.15) is 11.4 Å². The summed E-state index contributed by atoms with van der Waals surface area (Å²) >= 11 is 0. The quantitative estimate of drug-likeness (QED) is 0.459. The van der Waals surface area contributed by atoms with Crippen molar-refractivity contribution in [2.75, 3.05) is 45.0 Å². The number of amides is 2. The summed E-state index contributed by atoms with van der Waals surface area (Å²) in [5, 5.41) is 4.14. The summed E-state index contributed by atoms with van der Waals surface area (Å²) in [7, 11) is 0. The number of nitrogens with two attached hydrogens (primary N) is 1. The van der Waals surface area contributed by atoms with Gasteiger partial charge in [-0.3, -0.25) is 9.59 Å². The normalized spacial score (nSPS) is 17.3. The molecule has 2 aliphatic rings. The van der Waals surface area contributed by atoms with Crippen molar-refractivity contribution in [3.8, 4) is 5.75 Å². The van der Waals surface area contributed by atoms with Gasteiger partial charge in [-0.25, -0.2) is 4.98 Å². The number of hydrogen-bond donors (Lipinski definition) is 3. The fourth-order valence-corrected chi connectivity index (χ4v) is 5.03. The Morgan fingerprint density at radius 3 is 2.41 bits per heavy atom. The van der Waals surface area contributed by atoms with E-state index in [2.05, 4.69) is 20.0 Å². The molecule has 0 bridgehead atoms. The molecule has 0 unspecified atom stereocenters. The van der Waals surface area contributed by atoms with Gasteiger partial charge in [-0.2, -0.15) is 0 Å². The lowest BCUT2D eigenvalue weighted by molar-refractivity contribution is -0.274. The second kappa shape index (κ2) is 9.92. The molecule has 0 atom stereocenters. The van der Waals surface area contributed by atoms with Crippen molar-refractivity contribution in [3.63, 3.8) is 0 Å². The van der Waals surface area contributed by atoms with E-state index in [-0.39, 0.29) is 29.0 Å². The highest BCUT2D eigenvalue weighted by Gasteiger charge is 2.32. The summed E-state index contributed by atoms with van der Waals surface area (Å²) in [6.07, 6.45) is 0.0461. The third-order valence-electron chi connectivity index (χ3n) is 6.92. The van der Waals surface area contributed by atoms with Crippen LogP contribution in [-0.4, -0.2) is 77.2 Å². The molecule has 2 amide bonds. The van der Waals surface area contributed by atoms with Crippen molar-refractivity contribution >= 4 is 28.5 Å². The molecule has 0 saturated carbocycles. The second-order valence-electron chi connectivity index (χ2n) is 9.27. The van der Waals surface area contributed by atoms with Gasteiger partial charge >= 0.3 is 6.36 Å². The maximum atomic E-state index is 13.0. The number of benzene rings is 1. The number of piperazine rings is 1. The van der Waals surface area contributed by atoms with Crippen molar-refractivity contribution in [1.29, 1.82) is 0 Å². The first kappa shape index (κ1) is 24.9. The van der Waals surface area contributed by atoms with E-state index < -0.39 is 12.1 Å². The number of carbonyl (C=O) groups excluding carboxylic acids is 2. The summed E-state index contributed by atoms with van der Waals surface area (Å²) in [5.41, 5.74) is 8.25. The summed E-state index contributed by atoms with van der Waals surface area (Å²) in [6.45, 7) is 3.78. The Hall–Kier alpha value is -3.80. The van der Waals surface area contributed by atoms with Gasteiger partial charge < -0.3 is 30.6 Å². The number of nitrogens with one attached hydrogen (secondary N) is 2. The Morgan fingerprint density at radius 2 is 1.73 bits per heavy atom. The minimum atomic E-state index is -4.84. The lowest BCUT2D eigenvalue weighted by atomic mass is 9.89. The first-order chi connectivity index (χ1) is 17.7. The van der Waals surface area contributed by atoms with Gasteiger partial charge in [0.05, 0.1) is 11.1 Å². The second-order valence-corrected chi connectivity index (χ2v) is 9.27. The number of halogens is 3. The van der Waals surface area contributed by atoms with Crippen LogP contribution in [0, 0.1) is 0 Å². The zero-order valence-electron chi connectivity index (χ0n) is 20.0. The predicted octanol–water partition coefficient (Wildman–Crippen LogP) is 3.11. The number of likely N-dealkylation sites (tertiary alicyclic amines) is 1. The molecule has 2 fully saturated rings. The predicted molar refractivity (Wildman–Crippen MR) is 130 cm³/mol. The number of rotatable bonds is 4. The number of ether oxygens (including phenoxy) is 1. The Balaban J connectivity index is 1.27. The fourth-order valence-electron chi connectivity index (χ4n) is 5.03. The lowest BCUT2D eigenvalue weighted by Gasteiger charge is -2.32. The highest BCUT2D eigenvalue weighted by atomic mass is 19.4. The minimum Gasteiger partial charge on any atom is -0.406 e. The smallest absolute Gasteiger partial charge is 0.406 e. The highest BCUT2D eigenvalue weighted by Crippen LogP contribution is 2.34. The number of H-pyrrole nitrogens is 1. The molecule has 0 aliphatic carbocycles. The Labute approximate surface area is 210 Å². The molecular weight excluding hydrogens is 489 g/mol. The van der Waals surface area contributed by atoms with Crippen LogP contribution in [0.1, 0.15) is 45.0 Å². The summed E-state index contributed by atoms with van der Waals surface area (Å²) in [6, 6.07) is 5.24. The SMILES string of the molecule is Nc1cc(OC(F)(F)F)ccc1C(=O)N1CCC(c2c[nH]c3ncc(C(=O)N4CCNCC4)cc23)CC1. The van der Waals surface area contributed by atoms with Gasteiger partial charge in [-0.1, -0.05) is 0 Å². The molecular formula is C25H27F3N6O3. The van der Waals surface area contributed by atoms with E-state index in [1.54, 1.807) is 11.1 Å². The molecule has 5 rings (SSSR count). The van der Waals surface area contributed by atoms with Gasteiger partial charge in [0.25, 0.3) is 11.8 Å². The Kier molecular flexibility index (Phi) is 6.67. The third kappa shape index (κ3) is 5.33. The number of fused-ring (bicyclic) bond motifs is 1. The molecule has 4 heterocycles. The van der Waals surface area contributed by atoms with Crippen LogP contribution < -0.4 is 15.8 Å². The Morgan fingerprint density at radius 1 is 1.03 bits per heavy atom. The molecule has 196 valence electrons. The van der Waals surface area contributed by atoms with E-state index >= 15 is 0 Å². The van der Waals surface area contributed by atoms with Crippen molar-refractivity contribution in [2.24, 2.45) is 0 Å². The van der Waals surface area contributed by atoms with Crippen LogP contribution in [0.2, 0.25) is 0 Å². The molecule has 3 aromatic rings. The standard InChI is InChI=1S/C25H27F3N6O3/c26-25(27,28)37-17-1-2-18(21(29)12-17)24(36)33-7-3-15(4-8-33)20-14-32-22-19(20)11-16(13-31-22)23(35)34-9-5-30-6-10-34/h1-2,11-15,30H,3-10,29H2,(H,31,32). The molecule has 2 aromatic heterocycles. The van der Waals surface area contributed by atoms with Crippen LogP contribution in [0.3, 0.4) is 0 Å². The van der Waals surface area contributed by atoms with Gasteiger partial charge in [0, 0.05) is 68.8 Å². The summed E-state index contributed by atoms with van der Waals surface area (Å²) < 4.78 is 41.2. The highest BCUT2D eigenvalue weighted by molar-refractivity contribution is 5.99. The van der Waals surface area contributed by atoms with Crippen molar-refractivity contribution in [1.82, 2.24) is 25.1 Å². The largest absolute Gasteiger partial charge is 0.573 e. The van der Waals surface area contributed by atoms with E-state index in [0.717, 1.165) is 36.2 Å². The van der Waals surface area contributed by atoms with Crippen LogP contribution in [0.4, 0.5) is 18.9 Å². The molecule has 37 heavy (non-hydrogen) atoms. The zero-order valence-corrected chi connectivity index (χ0v) is 20.0. The van der Waals surface area contributed by atoms with Crippen molar-refractivity contribution in [3.05, 3.63) is 53.3 Å². The molecule has 0 spiro atoms. The van der Waals surface area contributed by atoms with Gasteiger partial charge in [-0.15, -0.1) is 13.2 Å². The number of pyridine rings is 1. The number of anilines is 1. The molecule has 1 aromatic carbocycles. The molecule has 2 saturated heterocycles. The minimum absolute atomic E-state index is 0.0345. The van der Waals surface area contributed by atoms with E-state index in [1.807, 2.05) is 17.2 Å². The molecule has 4 N–H and O–H groups in total. The number of aromatic amines is 1. The first-order valence-corrected chi connectivity index (χ1v) is 12.1. The van der Waals surface area contributed by atoms with E-state index in [9.17, 15) is 22.8 Å². The fraction of sp³-hybridized carbons (Fsp3) is 0.400. The topological polar surface area (TPSA) is 117 Å². The third-order valence-corrected chi connectivity index (χ3v) is 6.92. The van der Waals surface area contributed by atoms with Crippen LogP contribution in [-0.2, 0) is 0 Å². The van der Waals surface area contributed by atoms with E-state index in [4.69, 9.17) is 5.73 Å². The van der Waals surface area contributed by atoms with Crippen LogP contribution in [0.5, 0.6) is 5.75 Å². The van der Waals surface area contributed by atoms with Crippen molar-refractivity contribution < 1.29 is 27.5 Å². The molecule has 2 aliphatic heterocycles. The monoisotopic (exact) mass is 516 g/mol. The number of alkyl halides is 3. The van der Waals surface area contributed by atoms with Crippen LogP contribution in [0.25, 0.3) is 11.0 Å². The van der Waals surface area contributed by atoms with E-state index in [0.29, 0.717) is 50.2 Å². The average Bonchev–Trinajstić information content (AvgIpc) is 3.31. The van der Waals surface area contributed by atoms with Gasteiger partial charge in [-0.05, 0) is 42.5 Å². The van der Waals surface area contributed by atoms with E-state index in [1.165, 1.54) is 6.07 Å². The number of aromatic nitrogens is 2. The van der Waals surface area contributed by atoms with Crippen molar-refractivity contribution in [2.45, 2.75) is 25.1 Å². The summed E-state index contributed by atoms with van der Waals surface area (Å²) in [4.78, 5) is 37.1. The number of carbonyl (C=O) groups is 2. The molecule has 0 radical (unpaired) electrons. The average molecular weight is 517 g/mol. The maximum Gasteiger partial charge on any atom is 0.573 e. The molecule has 12 heteroatoms. The number of nitrogen functional groups attached to an aromatic ring is 1. The molecule has 9 nitrogen and oxygen atoms in total. The van der Waals surface area contributed by atoms with Crippen LogP contribution >= 0.6 is 0 Å². The van der Waals surface area contributed by atoms with Gasteiger partial charge in [0.2, 0.25) is 0 Å². The maximum absolute atomic E-state index is 13.0. The number of nitrogens with zero attached hydrogens (tertiary/aromatic N) is 3. The zero-order chi connectivity index (χ0) is 26.2. The lowest BCUT2D eigenvalue weighted by Crippen LogP contribution is -2.46. The van der Waals surface area contributed by atoms with Crippen LogP contribution in [0.15, 0.2) is 36.7 Å². The summed E-state index contributed by atoms with van der Waals surface area (Å²) in [5.74, 6) is -0.682. The first-order valence-electron chi connectivity index (χ1n) is 12.1. The number of piperidine rings is 1. The number of hydrogen-bond acceptors (Lipinski definition) is 6.